The van der Waals surface area contributed by atoms with E-state index in [1.54, 1.807) is 12.1 Å². The Morgan fingerprint density at radius 2 is 2.14 bits per heavy atom. The molecule has 1 aliphatic rings. The molecule has 1 atom stereocenters. The number of hydrogen-bond donors (Lipinski definition) is 0. The minimum absolute atomic E-state index is 0.232. The predicted molar refractivity (Wildman–Crippen MR) is 51.1 cm³/mol. The lowest BCUT2D eigenvalue weighted by Crippen LogP contribution is -2.18. The summed E-state index contributed by atoms with van der Waals surface area (Å²) in [5.41, 5.74) is 0.349. The molecule has 74 valence electrons. The number of carbonyl (C=O) groups is 1. The SMILES string of the molecule is C[C@@]1(COC(=O)c2ccccc2)CO1. The van der Waals surface area contributed by atoms with Crippen LogP contribution < -0.4 is 0 Å². The van der Waals surface area contributed by atoms with Gasteiger partial charge in [-0.25, -0.2) is 4.79 Å². The number of rotatable bonds is 3. The van der Waals surface area contributed by atoms with Gasteiger partial charge < -0.3 is 9.47 Å². The molecule has 3 heteroatoms. The molecule has 0 saturated carbocycles. The van der Waals surface area contributed by atoms with Crippen LogP contribution in [0.2, 0.25) is 0 Å². The highest BCUT2D eigenvalue weighted by Gasteiger charge is 2.40. The monoisotopic (exact) mass is 192 g/mol. The van der Waals surface area contributed by atoms with Crippen LogP contribution in [0.1, 0.15) is 17.3 Å². The summed E-state index contributed by atoms with van der Waals surface area (Å²) in [6, 6.07) is 8.96. The average molecular weight is 192 g/mol. The molecule has 0 bridgehead atoms. The highest BCUT2D eigenvalue weighted by atomic mass is 16.6. The van der Waals surface area contributed by atoms with Crippen molar-refractivity contribution in [3.63, 3.8) is 0 Å². The molecular formula is C11H12O3. The van der Waals surface area contributed by atoms with E-state index in [1.165, 1.54) is 0 Å². The lowest BCUT2D eigenvalue weighted by molar-refractivity contribution is 0.0411. The van der Waals surface area contributed by atoms with Gasteiger partial charge in [0.05, 0.1) is 12.2 Å². The van der Waals surface area contributed by atoms with E-state index >= 15 is 0 Å². The first kappa shape index (κ1) is 9.21. The number of ether oxygens (including phenoxy) is 2. The molecule has 0 radical (unpaired) electrons. The van der Waals surface area contributed by atoms with Crippen molar-refractivity contribution in [3.05, 3.63) is 35.9 Å². The van der Waals surface area contributed by atoms with Crippen molar-refractivity contribution in [3.8, 4) is 0 Å². The molecule has 1 heterocycles. The molecule has 0 aromatic heterocycles. The summed E-state index contributed by atoms with van der Waals surface area (Å²) in [5.74, 6) is -0.290. The summed E-state index contributed by atoms with van der Waals surface area (Å²) in [7, 11) is 0. The zero-order valence-electron chi connectivity index (χ0n) is 8.03. The highest BCUT2D eigenvalue weighted by molar-refractivity contribution is 5.89. The van der Waals surface area contributed by atoms with Crippen molar-refractivity contribution in [1.82, 2.24) is 0 Å². The van der Waals surface area contributed by atoms with Gasteiger partial charge in [-0.3, -0.25) is 0 Å². The number of hydrogen-bond acceptors (Lipinski definition) is 3. The lowest BCUT2D eigenvalue weighted by Gasteiger charge is -2.06. The fraction of sp³-hybridized carbons (Fsp3) is 0.364. The molecule has 1 saturated heterocycles. The van der Waals surface area contributed by atoms with Gasteiger partial charge in [0.15, 0.2) is 0 Å². The smallest absolute Gasteiger partial charge is 0.338 e. The number of esters is 1. The van der Waals surface area contributed by atoms with Gasteiger partial charge in [0.2, 0.25) is 0 Å². The second kappa shape index (κ2) is 3.42. The van der Waals surface area contributed by atoms with Crippen LogP contribution in [0, 0.1) is 0 Å². The standard InChI is InChI=1S/C11H12O3/c1-11(8-14-11)7-13-10(12)9-5-3-2-4-6-9/h2-6H,7-8H2,1H3/t11-/m1/s1. The molecule has 1 aromatic rings. The van der Waals surface area contributed by atoms with Crippen molar-refractivity contribution < 1.29 is 14.3 Å². The van der Waals surface area contributed by atoms with E-state index in [2.05, 4.69) is 0 Å². The molecule has 0 amide bonds. The summed E-state index contributed by atoms with van der Waals surface area (Å²) < 4.78 is 10.2. The molecule has 0 unspecified atom stereocenters. The van der Waals surface area contributed by atoms with Crippen LogP contribution in [0.5, 0.6) is 0 Å². The molecule has 2 rings (SSSR count). The molecule has 1 aromatic carbocycles. The largest absolute Gasteiger partial charge is 0.459 e. The predicted octanol–water partition coefficient (Wildman–Crippen LogP) is 1.63. The van der Waals surface area contributed by atoms with Crippen LogP contribution in [0.15, 0.2) is 30.3 Å². The molecule has 1 aliphatic heterocycles. The molecule has 0 aliphatic carbocycles. The van der Waals surface area contributed by atoms with Crippen LogP contribution in [0.25, 0.3) is 0 Å². The van der Waals surface area contributed by atoms with Gasteiger partial charge in [0.1, 0.15) is 12.2 Å². The first-order valence-electron chi connectivity index (χ1n) is 4.56. The topological polar surface area (TPSA) is 38.8 Å². The molecular weight excluding hydrogens is 180 g/mol. The second-order valence-electron chi connectivity index (χ2n) is 3.68. The Hall–Kier alpha value is -1.35. The van der Waals surface area contributed by atoms with Gasteiger partial charge in [0.25, 0.3) is 0 Å². The van der Waals surface area contributed by atoms with Crippen LogP contribution >= 0.6 is 0 Å². The minimum Gasteiger partial charge on any atom is -0.459 e. The first-order chi connectivity index (χ1) is 6.70. The Kier molecular flexibility index (Phi) is 2.25. The summed E-state index contributed by atoms with van der Waals surface area (Å²) in [6.07, 6.45) is 0. The maximum atomic E-state index is 11.4. The fourth-order valence-electron chi connectivity index (χ4n) is 1.08. The Morgan fingerprint density at radius 1 is 1.50 bits per heavy atom. The third-order valence-electron chi connectivity index (χ3n) is 2.16. The fourth-order valence-corrected chi connectivity index (χ4v) is 1.08. The molecule has 1 fully saturated rings. The van der Waals surface area contributed by atoms with Gasteiger partial charge in [-0.05, 0) is 19.1 Å². The van der Waals surface area contributed by atoms with Crippen molar-refractivity contribution in [2.45, 2.75) is 12.5 Å². The van der Waals surface area contributed by atoms with Crippen LogP contribution in [-0.4, -0.2) is 24.8 Å². The van der Waals surface area contributed by atoms with Crippen LogP contribution in [-0.2, 0) is 9.47 Å². The quantitative estimate of drug-likeness (QED) is 0.539. The summed E-state index contributed by atoms with van der Waals surface area (Å²) in [5, 5.41) is 0. The van der Waals surface area contributed by atoms with Gasteiger partial charge >= 0.3 is 5.97 Å². The number of benzene rings is 1. The third kappa shape index (κ3) is 2.12. The van der Waals surface area contributed by atoms with E-state index in [0.717, 1.165) is 0 Å². The summed E-state index contributed by atoms with van der Waals surface area (Å²) >= 11 is 0. The van der Waals surface area contributed by atoms with Crippen molar-refractivity contribution in [1.29, 1.82) is 0 Å². The Bertz CT molecular complexity index is 328. The summed E-state index contributed by atoms with van der Waals surface area (Å²) in [4.78, 5) is 11.4. The Labute approximate surface area is 82.6 Å². The van der Waals surface area contributed by atoms with E-state index in [4.69, 9.17) is 9.47 Å². The van der Waals surface area contributed by atoms with E-state index in [-0.39, 0.29) is 11.6 Å². The lowest BCUT2D eigenvalue weighted by atomic mass is 10.2. The second-order valence-corrected chi connectivity index (χ2v) is 3.68. The number of epoxide rings is 1. The van der Waals surface area contributed by atoms with E-state index in [0.29, 0.717) is 18.8 Å². The van der Waals surface area contributed by atoms with E-state index < -0.39 is 0 Å². The average Bonchev–Trinajstić information content (AvgIpc) is 2.95. The first-order valence-corrected chi connectivity index (χ1v) is 4.56. The van der Waals surface area contributed by atoms with Gasteiger partial charge in [-0.15, -0.1) is 0 Å². The van der Waals surface area contributed by atoms with Crippen LogP contribution in [0.4, 0.5) is 0 Å². The Morgan fingerprint density at radius 3 is 2.71 bits per heavy atom. The molecule has 14 heavy (non-hydrogen) atoms. The van der Waals surface area contributed by atoms with Crippen LogP contribution in [0.3, 0.4) is 0 Å². The maximum Gasteiger partial charge on any atom is 0.338 e. The molecule has 3 nitrogen and oxygen atoms in total. The van der Waals surface area contributed by atoms with E-state index in [1.807, 2.05) is 25.1 Å². The Balaban J connectivity index is 1.90. The number of carbonyl (C=O) groups excluding carboxylic acids is 1. The van der Waals surface area contributed by atoms with Crippen molar-refractivity contribution in [2.24, 2.45) is 0 Å². The van der Waals surface area contributed by atoms with Gasteiger partial charge in [0, 0.05) is 0 Å². The zero-order valence-corrected chi connectivity index (χ0v) is 8.03. The highest BCUT2D eigenvalue weighted by Crippen LogP contribution is 2.26. The van der Waals surface area contributed by atoms with Gasteiger partial charge in [-0.1, -0.05) is 18.2 Å². The normalized spacial score (nSPS) is 24.4. The van der Waals surface area contributed by atoms with Crippen molar-refractivity contribution in [2.75, 3.05) is 13.2 Å². The summed E-state index contributed by atoms with van der Waals surface area (Å²) in [6.45, 7) is 2.93. The van der Waals surface area contributed by atoms with Gasteiger partial charge in [-0.2, -0.15) is 0 Å². The maximum absolute atomic E-state index is 11.4. The zero-order chi connectivity index (χ0) is 10.0. The van der Waals surface area contributed by atoms with Crippen molar-refractivity contribution >= 4 is 5.97 Å². The molecule has 0 N–H and O–H groups in total. The van der Waals surface area contributed by atoms with E-state index in [9.17, 15) is 4.79 Å². The third-order valence-corrected chi connectivity index (χ3v) is 2.16. The minimum atomic E-state index is -0.290. The molecule has 0 spiro atoms.